The molecule has 0 saturated carbocycles. The molecule has 0 aliphatic rings. The molecule has 0 radical (unpaired) electrons. The molecule has 6 nitrogen and oxygen atoms in total. The standard InChI is InChI=1S/C24H24ClN3O3/c1-18(24(30)27-15-19-11-13-26-14-12-19)28(16-20-7-9-21(25)10-8-20)23(29)17-31-22-5-3-2-4-6-22/h2-14,18H,15-17H2,1H3,(H,27,30)/t18-/m1/s1. The van der Waals surface area contributed by atoms with Crippen LogP contribution in [0.5, 0.6) is 5.75 Å². The van der Waals surface area contributed by atoms with Gasteiger partial charge in [0, 0.05) is 30.5 Å². The van der Waals surface area contributed by atoms with Crippen molar-refractivity contribution in [3.63, 3.8) is 0 Å². The van der Waals surface area contributed by atoms with Gasteiger partial charge in [0.1, 0.15) is 11.8 Å². The molecule has 1 N–H and O–H groups in total. The maximum Gasteiger partial charge on any atom is 0.261 e. The lowest BCUT2D eigenvalue weighted by molar-refractivity contribution is -0.142. The first-order valence-corrected chi connectivity index (χ1v) is 10.3. The van der Waals surface area contributed by atoms with E-state index >= 15 is 0 Å². The first-order valence-electron chi connectivity index (χ1n) is 9.91. The van der Waals surface area contributed by atoms with Gasteiger partial charge in [-0.2, -0.15) is 0 Å². The van der Waals surface area contributed by atoms with Crippen molar-refractivity contribution in [2.45, 2.75) is 26.1 Å². The summed E-state index contributed by atoms with van der Waals surface area (Å²) in [6, 6.07) is 19.3. The number of pyridine rings is 1. The van der Waals surface area contributed by atoms with Crippen molar-refractivity contribution >= 4 is 23.4 Å². The van der Waals surface area contributed by atoms with Gasteiger partial charge in [-0.15, -0.1) is 0 Å². The SMILES string of the molecule is C[C@H](C(=O)NCc1ccncc1)N(Cc1ccc(Cl)cc1)C(=O)COc1ccccc1. The summed E-state index contributed by atoms with van der Waals surface area (Å²) < 4.78 is 5.61. The molecule has 2 amide bonds. The van der Waals surface area contributed by atoms with Gasteiger partial charge in [0.05, 0.1) is 0 Å². The van der Waals surface area contributed by atoms with Gasteiger partial charge < -0.3 is 15.0 Å². The Morgan fingerprint density at radius 3 is 2.35 bits per heavy atom. The molecule has 1 atom stereocenters. The quantitative estimate of drug-likeness (QED) is 0.552. The maximum atomic E-state index is 13.0. The molecule has 0 spiro atoms. The molecule has 3 aromatic rings. The van der Waals surface area contributed by atoms with Crippen LogP contribution in [0.2, 0.25) is 5.02 Å². The van der Waals surface area contributed by atoms with Gasteiger partial charge in [-0.05, 0) is 54.4 Å². The van der Waals surface area contributed by atoms with E-state index in [1.165, 1.54) is 4.90 Å². The van der Waals surface area contributed by atoms with Gasteiger partial charge in [-0.3, -0.25) is 14.6 Å². The van der Waals surface area contributed by atoms with Gasteiger partial charge in [-0.1, -0.05) is 41.9 Å². The van der Waals surface area contributed by atoms with Crippen molar-refractivity contribution in [2.75, 3.05) is 6.61 Å². The van der Waals surface area contributed by atoms with Crippen LogP contribution in [-0.4, -0.2) is 34.3 Å². The number of carbonyl (C=O) groups excluding carboxylic acids is 2. The minimum absolute atomic E-state index is 0.167. The summed E-state index contributed by atoms with van der Waals surface area (Å²) in [6.45, 7) is 2.16. The minimum Gasteiger partial charge on any atom is -0.484 e. The van der Waals surface area contributed by atoms with Crippen molar-refractivity contribution in [2.24, 2.45) is 0 Å². The molecule has 160 valence electrons. The highest BCUT2D eigenvalue weighted by molar-refractivity contribution is 6.30. The molecule has 0 aliphatic carbocycles. The molecule has 0 bridgehead atoms. The molecule has 3 rings (SSSR count). The van der Waals surface area contributed by atoms with Crippen LogP contribution < -0.4 is 10.1 Å². The predicted octanol–water partition coefficient (Wildman–Crippen LogP) is 3.85. The second-order valence-corrected chi connectivity index (χ2v) is 7.44. The lowest BCUT2D eigenvalue weighted by Crippen LogP contribution is -2.48. The average Bonchev–Trinajstić information content (AvgIpc) is 2.81. The number of aromatic nitrogens is 1. The monoisotopic (exact) mass is 437 g/mol. The van der Waals surface area contributed by atoms with Gasteiger partial charge in [0.15, 0.2) is 6.61 Å². The van der Waals surface area contributed by atoms with Crippen LogP contribution in [0.1, 0.15) is 18.1 Å². The van der Waals surface area contributed by atoms with E-state index in [-0.39, 0.29) is 25.0 Å². The summed E-state index contributed by atoms with van der Waals surface area (Å²) in [7, 11) is 0. The van der Waals surface area contributed by atoms with Crippen molar-refractivity contribution in [1.29, 1.82) is 0 Å². The van der Waals surface area contributed by atoms with Gasteiger partial charge >= 0.3 is 0 Å². The third-order valence-electron chi connectivity index (χ3n) is 4.76. The van der Waals surface area contributed by atoms with Crippen LogP contribution >= 0.6 is 11.6 Å². The van der Waals surface area contributed by atoms with E-state index in [4.69, 9.17) is 16.3 Å². The third kappa shape index (κ3) is 6.83. The van der Waals surface area contributed by atoms with E-state index < -0.39 is 6.04 Å². The van der Waals surface area contributed by atoms with Crippen LogP contribution in [0.25, 0.3) is 0 Å². The van der Waals surface area contributed by atoms with Crippen LogP contribution in [0.3, 0.4) is 0 Å². The Bertz CT molecular complexity index is 982. The first-order chi connectivity index (χ1) is 15.0. The summed E-state index contributed by atoms with van der Waals surface area (Å²) in [5, 5.41) is 3.49. The van der Waals surface area contributed by atoms with Gasteiger partial charge in [0.2, 0.25) is 5.91 Å². The zero-order valence-corrected chi connectivity index (χ0v) is 18.0. The van der Waals surface area contributed by atoms with Crippen molar-refractivity contribution in [3.05, 3.63) is 95.3 Å². The molecule has 7 heteroatoms. The Balaban J connectivity index is 1.69. The van der Waals surface area contributed by atoms with Crippen LogP contribution in [0, 0.1) is 0 Å². The number of benzene rings is 2. The van der Waals surface area contributed by atoms with Crippen LogP contribution in [0.15, 0.2) is 79.1 Å². The Morgan fingerprint density at radius 1 is 1.00 bits per heavy atom. The first kappa shape index (κ1) is 22.3. The fourth-order valence-corrected chi connectivity index (χ4v) is 3.08. The fourth-order valence-electron chi connectivity index (χ4n) is 2.95. The number of hydrogen-bond donors (Lipinski definition) is 1. The molecular formula is C24H24ClN3O3. The summed E-state index contributed by atoms with van der Waals surface area (Å²) in [5.41, 5.74) is 1.80. The van der Waals surface area contributed by atoms with E-state index in [0.29, 0.717) is 17.3 Å². The summed E-state index contributed by atoms with van der Waals surface area (Å²) >= 11 is 5.97. The van der Waals surface area contributed by atoms with Crippen LogP contribution in [0.4, 0.5) is 0 Å². The Labute approximate surface area is 186 Å². The number of hydrogen-bond acceptors (Lipinski definition) is 4. The summed E-state index contributed by atoms with van der Waals surface area (Å²) in [5.74, 6) is 0.0567. The molecule has 0 fully saturated rings. The maximum absolute atomic E-state index is 13.0. The second-order valence-electron chi connectivity index (χ2n) is 7.00. The van der Waals surface area contributed by atoms with E-state index in [0.717, 1.165) is 11.1 Å². The number of halogens is 1. The zero-order chi connectivity index (χ0) is 22.1. The lowest BCUT2D eigenvalue weighted by Gasteiger charge is -2.28. The molecule has 1 aromatic heterocycles. The molecule has 0 aliphatic heterocycles. The highest BCUT2D eigenvalue weighted by Crippen LogP contribution is 2.15. The Morgan fingerprint density at radius 2 is 1.68 bits per heavy atom. The Hall–Kier alpha value is -3.38. The molecule has 1 heterocycles. The molecular weight excluding hydrogens is 414 g/mol. The topological polar surface area (TPSA) is 71.5 Å². The average molecular weight is 438 g/mol. The number of amides is 2. The highest BCUT2D eigenvalue weighted by atomic mass is 35.5. The lowest BCUT2D eigenvalue weighted by atomic mass is 10.1. The fraction of sp³-hybridized carbons (Fsp3) is 0.208. The molecule has 2 aromatic carbocycles. The highest BCUT2D eigenvalue weighted by Gasteiger charge is 2.26. The van der Waals surface area contributed by atoms with Gasteiger partial charge in [-0.25, -0.2) is 0 Å². The zero-order valence-electron chi connectivity index (χ0n) is 17.2. The van der Waals surface area contributed by atoms with Crippen molar-refractivity contribution < 1.29 is 14.3 Å². The van der Waals surface area contributed by atoms with Gasteiger partial charge in [0.25, 0.3) is 5.91 Å². The molecule has 31 heavy (non-hydrogen) atoms. The van der Waals surface area contributed by atoms with Crippen molar-refractivity contribution in [3.8, 4) is 5.75 Å². The van der Waals surface area contributed by atoms with E-state index in [1.54, 1.807) is 43.6 Å². The van der Waals surface area contributed by atoms with E-state index in [2.05, 4.69) is 10.3 Å². The van der Waals surface area contributed by atoms with E-state index in [1.807, 2.05) is 42.5 Å². The number of para-hydroxylation sites is 1. The Kier molecular flexibility index (Phi) is 8.01. The van der Waals surface area contributed by atoms with Crippen molar-refractivity contribution in [1.82, 2.24) is 15.2 Å². The number of carbonyl (C=O) groups is 2. The summed E-state index contributed by atoms with van der Waals surface area (Å²) in [6.07, 6.45) is 3.34. The van der Waals surface area contributed by atoms with Crippen LogP contribution in [-0.2, 0) is 22.7 Å². The largest absolute Gasteiger partial charge is 0.484 e. The number of nitrogens with one attached hydrogen (secondary N) is 1. The molecule has 0 saturated heterocycles. The minimum atomic E-state index is -0.690. The smallest absolute Gasteiger partial charge is 0.261 e. The van der Waals surface area contributed by atoms with E-state index in [9.17, 15) is 9.59 Å². The number of rotatable bonds is 9. The third-order valence-corrected chi connectivity index (χ3v) is 5.01. The number of nitrogens with zero attached hydrogens (tertiary/aromatic N) is 2. The predicted molar refractivity (Wildman–Crippen MR) is 119 cm³/mol. The second kappa shape index (κ2) is 11.1. The number of ether oxygens (including phenoxy) is 1. The normalized spacial score (nSPS) is 11.4. The summed E-state index contributed by atoms with van der Waals surface area (Å²) in [4.78, 5) is 31.3. The molecule has 0 unspecified atom stereocenters.